The number of hydrogen-bond acceptors (Lipinski definition) is 4. The average molecular weight is 197 g/mol. The van der Waals surface area contributed by atoms with Crippen LogP contribution in [0.1, 0.15) is 13.3 Å². The van der Waals surface area contributed by atoms with Gasteiger partial charge < -0.3 is 20.0 Å². The van der Waals surface area contributed by atoms with Gasteiger partial charge in [-0.3, -0.25) is 4.79 Å². The van der Waals surface area contributed by atoms with E-state index in [4.69, 9.17) is 4.74 Å². The first kappa shape index (κ1) is 15.4. The van der Waals surface area contributed by atoms with Gasteiger partial charge in [-0.2, -0.15) is 0 Å². The van der Waals surface area contributed by atoms with E-state index >= 15 is 0 Å². The first-order valence-electron chi connectivity index (χ1n) is 3.65. The fourth-order valence-electron chi connectivity index (χ4n) is 0.557. The molecule has 0 aliphatic heterocycles. The summed E-state index contributed by atoms with van der Waals surface area (Å²) in [4.78, 5) is 20.2. The van der Waals surface area contributed by atoms with Gasteiger partial charge in [-0.1, -0.05) is 0 Å². The Labute approximate surface area is 99.1 Å². The number of rotatable bonds is 6. The van der Waals surface area contributed by atoms with E-state index in [1.54, 1.807) is 0 Å². The van der Waals surface area contributed by atoms with Gasteiger partial charge in [0, 0.05) is 25.9 Å². The Morgan fingerprint density at radius 3 is 2.46 bits per heavy atom. The van der Waals surface area contributed by atoms with E-state index < -0.39 is 5.97 Å². The van der Waals surface area contributed by atoms with Gasteiger partial charge in [0.05, 0.1) is 13.2 Å². The molecule has 70 valence electrons. The van der Waals surface area contributed by atoms with Crippen molar-refractivity contribution in [2.24, 2.45) is 0 Å². The van der Waals surface area contributed by atoms with E-state index in [1.165, 1.54) is 6.92 Å². The van der Waals surface area contributed by atoms with Gasteiger partial charge >= 0.3 is 29.6 Å². The summed E-state index contributed by atoms with van der Waals surface area (Å²) in [6, 6.07) is 0. The smallest absolute Gasteiger partial charge is 0.550 e. The minimum atomic E-state index is -1.13. The average Bonchev–Trinajstić information content (AvgIpc) is 1.95. The molecule has 0 rings (SSSR count). The zero-order valence-electron chi connectivity index (χ0n) is 7.96. The van der Waals surface area contributed by atoms with E-state index in [0.717, 1.165) is 0 Å². The second-order valence-corrected chi connectivity index (χ2v) is 2.22. The van der Waals surface area contributed by atoms with Crippen molar-refractivity contribution in [3.05, 3.63) is 0 Å². The summed E-state index contributed by atoms with van der Waals surface area (Å²) < 4.78 is 4.86. The third-order valence-electron chi connectivity index (χ3n) is 1.07. The van der Waals surface area contributed by atoms with Crippen molar-refractivity contribution in [3.63, 3.8) is 0 Å². The molecule has 13 heavy (non-hydrogen) atoms. The second kappa shape index (κ2) is 9.98. The SMILES string of the molecule is CC(=O)NCCOCCC(=O)[O-].[Na+]. The summed E-state index contributed by atoms with van der Waals surface area (Å²) in [5.74, 6) is -1.26. The van der Waals surface area contributed by atoms with Crippen LogP contribution in [0.5, 0.6) is 0 Å². The van der Waals surface area contributed by atoms with Crippen LogP contribution in [0.25, 0.3) is 0 Å². The number of carboxylic acid groups (broad SMARTS) is 1. The molecular formula is C7H12NNaO4. The molecule has 0 heterocycles. The fourth-order valence-corrected chi connectivity index (χ4v) is 0.557. The van der Waals surface area contributed by atoms with E-state index in [-0.39, 0.29) is 48.5 Å². The van der Waals surface area contributed by atoms with Gasteiger partial charge in [-0.05, 0) is 0 Å². The number of carbonyl (C=O) groups is 2. The monoisotopic (exact) mass is 197 g/mol. The van der Waals surface area contributed by atoms with Gasteiger partial charge in [0.2, 0.25) is 5.91 Å². The first-order chi connectivity index (χ1) is 5.63. The molecule has 0 radical (unpaired) electrons. The number of nitrogens with one attached hydrogen (secondary N) is 1. The van der Waals surface area contributed by atoms with Crippen molar-refractivity contribution in [3.8, 4) is 0 Å². The number of aliphatic carboxylic acids is 1. The van der Waals surface area contributed by atoms with Gasteiger partial charge in [0.25, 0.3) is 0 Å². The Balaban J connectivity index is 0. The van der Waals surface area contributed by atoms with Crippen LogP contribution in [0.3, 0.4) is 0 Å². The maximum atomic E-state index is 10.3. The molecule has 6 heteroatoms. The van der Waals surface area contributed by atoms with Crippen molar-refractivity contribution < 1.29 is 49.0 Å². The van der Waals surface area contributed by atoms with Crippen LogP contribution in [-0.4, -0.2) is 31.6 Å². The van der Waals surface area contributed by atoms with Crippen LogP contribution in [0, 0.1) is 0 Å². The van der Waals surface area contributed by atoms with Crippen LogP contribution in [-0.2, 0) is 14.3 Å². The first-order valence-corrected chi connectivity index (χ1v) is 3.65. The molecule has 0 spiro atoms. The number of carboxylic acids is 1. The molecule has 0 aromatic heterocycles. The van der Waals surface area contributed by atoms with E-state index in [9.17, 15) is 14.7 Å². The molecule has 0 saturated carbocycles. The largest absolute Gasteiger partial charge is 1.00 e. The van der Waals surface area contributed by atoms with Gasteiger partial charge in [0.1, 0.15) is 0 Å². The van der Waals surface area contributed by atoms with E-state index in [0.29, 0.717) is 13.2 Å². The molecule has 0 aliphatic carbocycles. The molecule has 0 atom stereocenters. The van der Waals surface area contributed by atoms with Crippen LogP contribution in [0.2, 0.25) is 0 Å². The van der Waals surface area contributed by atoms with Crippen molar-refractivity contribution in [1.29, 1.82) is 0 Å². The van der Waals surface area contributed by atoms with Gasteiger partial charge in [0.15, 0.2) is 0 Å². The summed E-state index contributed by atoms with van der Waals surface area (Å²) in [5, 5.41) is 12.4. The zero-order valence-corrected chi connectivity index (χ0v) is 9.96. The maximum Gasteiger partial charge on any atom is 1.00 e. The Bertz CT molecular complexity index is 145. The van der Waals surface area contributed by atoms with E-state index in [1.807, 2.05) is 0 Å². The number of ether oxygens (including phenoxy) is 1. The molecule has 0 aromatic rings. The van der Waals surface area contributed by atoms with Gasteiger partial charge in [-0.15, -0.1) is 0 Å². The molecule has 0 aromatic carbocycles. The van der Waals surface area contributed by atoms with Crippen LogP contribution in [0.15, 0.2) is 0 Å². The standard InChI is InChI=1S/C7H13NO4.Na/c1-6(9)8-3-5-12-4-2-7(10)11;/h2-5H2,1H3,(H,8,9)(H,10,11);/q;+1/p-1. The summed E-state index contributed by atoms with van der Waals surface area (Å²) in [6.45, 7) is 2.26. The molecular weight excluding hydrogens is 185 g/mol. The molecule has 0 bridgehead atoms. The molecule has 5 nitrogen and oxygen atoms in total. The third kappa shape index (κ3) is 14.7. The summed E-state index contributed by atoms with van der Waals surface area (Å²) >= 11 is 0. The van der Waals surface area contributed by atoms with Crippen LogP contribution in [0.4, 0.5) is 0 Å². The number of carbonyl (C=O) groups excluding carboxylic acids is 2. The molecule has 0 fully saturated rings. The number of amides is 1. The molecule has 1 N–H and O–H groups in total. The molecule has 0 aliphatic rings. The van der Waals surface area contributed by atoms with Gasteiger partial charge in [-0.25, -0.2) is 0 Å². The Morgan fingerprint density at radius 2 is 2.00 bits per heavy atom. The Morgan fingerprint density at radius 1 is 1.38 bits per heavy atom. The number of hydrogen-bond donors (Lipinski definition) is 1. The summed E-state index contributed by atoms with van der Waals surface area (Å²) in [5.41, 5.74) is 0. The van der Waals surface area contributed by atoms with Crippen molar-refractivity contribution in [1.82, 2.24) is 5.32 Å². The van der Waals surface area contributed by atoms with Crippen LogP contribution < -0.4 is 40.0 Å². The Hall–Kier alpha value is -0.100. The van der Waals surface area contributed by atoms with E-state index in [2.05, 4.69) is 5.32 Å². The minimum absolute atomic E-state index is 0. The predicted molar refractivity (Wildman–Crippen MR) is 39.1 cm³/mol. The predicted octanol–water partition coefficient (Wildman–Crippen LogP) is -4.72. The molecule has 1 amide bonds. The maximum absolute atomic E-state index is 10.3. The molecule has 0 saturated heterocycles. The van der Waals surface area contributed by atoms with Crippen LogP contribution >= 0.6 is 0 Å². The van der Waals surface area contributed by atoms with Crippen molar-refractivity contribution in [2.75, 3.05) is 19.8 Å². The fraction of sp³-hybridized carbons (Fsp3) is 0.714. The quantitative estimate of drug-likeness (QED) is 0.343. The minimum Gasteiger partial charge on any atom is -0.550 e. The summed E-state index contributed by atoms with van der Waals surface area (Å²) in [7, 11) is 0. The topological polar surface area (TPSA) is 78.5 Å². The Kier molecular flexibility index (Phi) is 11.8. The zero-order chi connectivity index (χ0) is 9.40. The van der Waals surface area contributed by atoms with Crippen molar-refractivity contribution in [2.45, 2.75) is 13.3 Å². The third-order valence-corrected chi connectivity index (χ3v) is 1.07. The summed E-state index contributed by atoms with van der Waals surface area (Å²) in [6.07, 6.45) is -0.111. The van der Waals surface area contributed by atoms with Crippen molar-refractivity contribution >= 4 is 11.9 Å². The molecule has 0 unspecified atom stereocenters. The normalized spacial score (nSPS) is 8.69. The second-order valence-electron chi connectivity index (χ2n) is 2.22.